The molecule has 0 aliphatic rings. The molecule has 132 valence electrons. The minimum atomic E-state index is -0.918. The Bertz CT molecular complexity index is 971. The molecule has 3 aromatic carbocycles. The van der Waals surface area contributed by atoms with E-state index in [0.717, 1.165) is 16.8 Å². The Morgan fingerprint density at radius 1 is 1.00 bits per heavy atom. The van der Waals surface area contributed by atoms with Gasteiger partial charge in [0.2, 0.25) is 0 Å². The van der Waals surface area contributed by atoms with Gasteiger partial charge in [-0.25, -0.2) is 9.18 Å². The third kappa shape index (κ3) is 3.97. The number of carbonyl (C=O) groups is 2. The van der Waals surface area contributed by atoms with Crippen LogP contribution < -0.4 is 10.1 Å². The van der Waals surface area contributed by atoms with Gasteiger partial charge in [-0.3, -0.25) is 4.79 Å². The highest BCUT2D eigenvalue weighted by molar-refractivity contribution is 5.97. The predicted octanol–water partition coefficient (Wildman–Crippen LogP) is 3.78. The molecule has 0 saturated heterocycles. The number of hydrogen-bond donors (Lipinski definition) is 1. The molecule has 5 nitrogen and oxygen atoms in total. The van der Waals surface area contributed by atoms with E-state index >= 15 is 0 Å². The van der Waals surface area contributed by atoms with Crippen molar-refractivity contribution in [3.8, 4) is 5.75 Å². The number of anilines is 1. The summed E-state index contributed by atoms with van der Waals surface area (Å²) in [7, 11) is 1.39. The fraction of sp³-hybridized carbons (Fsp3) is 0.100. The van der Waals surface area contributed by atoms with Gasteiger partial charge in [0, 0.05) is 11.8 Å². The van der Waals surface area contributed by atoms with Gasteiger partial charge in [0.1, 0.15) is 11.6 Å². The summed E-state index contributed by atoms with van der Waals surface area (Å²) >= 11 is 0. The first kappa shape index (κ1) is 17.4. The normalized spacial score (nSPS) is 10.4. The highest BCUT2D eigenvalue weighted by Crippen LogP contribution is 2.19. The zero-order valence-corrected chi connectivity index (χ0v) is 14.0. The molecular formula is C20H16FNO4. The smallest absolute Gasteiger partial charge is 0.341 e. The molecule has 3 rings (SSSR count). The minimum Gasteiger partial charge on any atom is -0.497 e. The van der Waals surface area contributed by atoms with Crippen molar-refractivity contribution in [3.05, 3.63) is 72.0 Å². The van der Waals surface area contributed by atoms with Crippen LogP contribution in [0.2, 0.25) is 0 Å². The molecule has 3 aromatic rings. The van der Waals surface area contributed by atoms with E-state index < -0.39 is 24.3 Å². The topological polar surface area (TPSA) is 64.6 Å². The van der Waals surface area contributed by atoms with Crippen molar-refractivity contribution in [3.63, 3.8) is 0 Å². The molecule has 26 heavy (non-hydrogen) atoms. The second-order valence-electron chi connectivity index (χ2n) is 5.53. The number of nitrogens with one attached hydrogen (secondary N) is 1. The van der Waals surface area contributed by atoms with Gasteiger partial charge in [0.05, 0.1) is 12.7 Å². The number of esters is 1. The van der Waals surface area contributed by atoms with Gasteiger partial charge < -0.3 is 14.8 Å². The Labute approximate surface area is 149 Å². The molecule has 1 amide bonds. The van der Waals surface area contributed by atoms with Crippen molar-refractivity contribution in [1.29, 1.82) is 0 Å². The summed E-state index contributed by atoms with van der Waals surface area (Å²) < 4.78 is 23.6. The van der Waals surface area contributed by atoms with Crippen molar-refractivity contribution in [2.24, 2.45) is 0 Å². The van der Waals surface area contributed by atoms with Gasteiger partial charge in [-0.15, -0.1) is 0 Å². The summed E-state index contributed by atoms with van der Waals surface area (Å²) in [6, 6.07) is 16.9. The van der Waals surface area contributed by atoms with Gasteiger partial charge in [-0.05, 0) is 35.0 Å². The molecule has 0 aliphatic carbocycles. The van der Waals surface area contributed by atoms with Gasteiger partial charge in [-0.1, -0.05) is 30.3 Å². The van der Waals surface area contributed by atoms with Crippen LogP contribution in [0.15, 0.2) is 60.7 Å². The third-order valence-corrected chi connectivity index (χ3v) is 3.76. The van der Waals surface area contributed by atoms with Crippen molar-refractivity contribution in [2.75, 3.05) is 19.0 Å². The SMILES string of the molecule is COc1ccc(C(=O)OCC(=O)Nc2ccc3ccccc3c2)c(F)c1. The van der Waals surface area contributed by atoms with E-state index in [-0.39, 0.29) is 11.3 Å². The Morgan fingerprint density at radius 3 is 2.50 bits per heavy atom. The quantitative estimate of drug-likeness (QED) is 0.709. The Hall–Kier alpha value is -3.41. The zero-order chi connectivity index (χ0) is 18.5. The van der Waals surface area contributed by atoms with Crippen molar-refractivity contribution in [1.82, 2.24) is 0 Å². The summed E-state index contributed by atoms with van der Waals surface area (Å²) in [5.41, 5.74) is 0.324. The van der Waals surface area contributed by atoms with E-state index in [2.05, 4.69) is 5.32 Å². The van der Waals surface area contributed by atoms with Crippen molar-refractivity contribution in [2.45, 2.75) is 0 Å². The molecule has 0 aliphatic heterocycles. The summed E-state index contributed by atoms with van der Waals surface area (Å²) in [5, 5.41) is 4.67. The Kier molecular flexibility index (Phi) is 5.12. The zero-order valence-electron chi connectivity index (χ0n) is 14.0. The van der Waals surface area contributed by atoms with Crippen LogP contribution in [-0.4, -0.2) is 25.6 Å². The number of methoxy groups -OCH3 is 1. The molecule has 0 aromatic heterocycles. The van der Waals surface area contributed by atoms with E-state index in [1.54, 1.807) is 6.07 Å². The van der Waals surface area contributed by atoms with Crippen molar-refractivity contribution < 1.29 is 23.5 Å². The lowest BCUT2D eigenvalue weighted by Gasteiger charge is -2.08. The first-order valence-corrected chi connectivity index (χ1v) is 7.86. The van der Waals surface area contributed by atoms with Crippen LogP contribution in [0, 0.1) is 5.82 Å². The van der Waals surface area contributed by atoms with Crippen LogP contribution in [0.25, 0.3) is 10.8 Å². The number of rotatable bonds is 5. The second kappa shape index (κ2) is 7.65. The molecule has 0 radical (unpaired) electrons. The van der Waals surface area contributed by atoms with E-state index in [4.69, 9.17) is 9.47 Å². The van der Waals surface area contributed by atoms with E-state index in [9.17, 15) is 14.0 Å². The predicted molar refractivity (Wildman–Crippen MR) is 95.8 cm³/mol. The van der Waals surface area contributed by atoms with Gasteiger partial charge >= 0.3 is 5.97 Å². The average Bonchev–Trinajstić information content (AvgIpc) is 2.66. The molecule has 0 bridgehead atoms. The van der Waals surface area contributed by atoms with E-state index in [1.807, 2.05) is 36.4 Å². The number of carbonyl (C=O) groups excluding carboxylic acids is 2. The first-order chi connectivity index (χ1) is 12.6. The molecule has 6 heteroatoms. The number of ether oxygens (including phenoxy) is 2. The van der Waals surface area contributed by atoms with Crippen molar-refractivity contribution >= 4 is 28.3 Å². The molecule has 0 atom stereocenters. The summed E-state index contributed by atoms with van der Waals surface area (Å²) in [6.07, 6.45) is 0. The number of amides is 1. The van der Waals surface area contributed by atoms with Gasteiger partial charge in [0.15, 0.2) is 6.61 Å². The summed E-state index contributed by atoms with van der Waals surface area (Å²) in [5.74, 6) is -1.92. The highest BCUT2D eigenvalue weighted by atomic mass is 19.1. The minimum absolute atomic E-state index is 0.260. The van der Waals surface area contributed by atoms with Gasteiger partial charge in [-0.2, -0.15) is 0 Å². The molecule has 0 fully saturated rings. The molecular weight excluding hydrogens is 337 g/mol. The lowest BCUT2D eigenvalue weighted by Crippen LogP contribution is -2.21. The first-order valence-electron chi connectivity index (χ1n) is 7.86. The van der Waals surface area contributed by atoms with E-state index in [0.29, 0.717) is 5.69 Å². The maximum absolute atomic E-state index is 13.8. The summed E-state index contributed by atoms with van der Waals surface area (Å²) in [6.45, 7) is -0.517. The van der Waals surface area contributed by atoms with Crippen LogP contribution in [0.3, 0.4) is 0 Å². The second-order valence-corrected chi connectivity index (χ2v) is 5.53. The number of hydrogen-bond acceptors (Lipinski definition) is 4. The fourth-order valence-corrected chi connectivity index (χ4v) is 2.46. The Balaban J connectivity index is 1.60. The maximum Gasteiger partial charge on any atom is 0.341 e. The molecule has 1 N–H and O–H groups in total. The number of benzene rings is 3. The largest absolute Gasteiger partial charge is 0.497 e. The Morgan fingerprint density at radius 2 is 1.77 bits per heavy atom. The lowest BCUT2D eigenvalue weighted by atomic mass is 10.1. The molecule has 0 spiro atoms. The van der Waals surface area contributed by atoms with E-state index in [1.165, 1.54) is 19.2 Å². The van der Waals surface area contributed by atoms with Crippen LogP contribution >= 0.6 is 0 Å². The highest BCUT2D eigenvalue weighted by Gasteiger charge is 2.15. The number of fused-ring (bicyclic) bond motifs is 1. The van der Waals surface area contributed by atoms with Crippen LogP contribution in [0.4, 0.5) is 10.1 Å². The third-order valence-electron chi connectivity index (χ3n) is 3.76. The fourth-order valence-electron chi connectivity index (χ4n) is 2.46. The number of halogens is 1. The van der Waals surface area contributed by atoms with Crippen LogP contribution in [0.5, 0.6) is 5.75 Å². The summed E-state index contributed by atoms with van der Waals surface area (Å²) in [4.78, 5) is 23.9. The molecule has 0 heterocycles. The van der Waals surface area contributed by atoms with Crippen LogP contribution in [-0.2, 0) is 9.53 Å². The maximum atomic E-state index is 13.8. The molecule has 0 unspecified atom stereocenters. The standard InChI is InChI=1S/C20H16FNO4/c1-25-16-8-9-17(18(21)11-16)20(24)26-12-19(23)22-15-7-6-13-4-2-3-5-14(13)10-15/h2-11H,12H2,1H3,(H,22,23). The van der Waals surface area contributed by atoms with Gasteiger partial charge in [0.25, 0.3) is 5.91 Å². The monoisotopic (exact) mass is 353 g/mol. The van der Waals surface area contributed by atoms with Crippen LogP contribution in [0.1, 0.15) is 10.4 Å². The lowest BCUT2D eigenvalue weighted by molar-refractivity contribution is -0.119. The average molecular weight is 353 g/mol. The molecule has 0 saturated carbocycles.